The van der Waals surface area contributed by atoms with Crippen LogP contribution < -0.4 is 5.32 Å². The Morgan fingerprint density at radius 2 is 2.35 bits per heavy atom. The van der Waals surface area contributed by atoms with Crippen molar-refractivity contribution < 1.29 is 14.1 Å². The molecular weight excluding hydrogens is 220 g/mol. The highest BCUT2D eigenvalue weighted by Crippen LogP contribution is 2.13. The first-order chi connectivity index (χ1) is 8.16. The van der Waals surface area contributed by atoms with Gasteiger partial charge in [0.1, 0.15) is 5.76 Å². The van der Waals surface area contributed by atoms with Crippen molar-refractivity contribution in [2.24, 2.45) is 0 Å². The van der Waals surface area contributed by atoms with Gasteiger partial charge in [0.05, 0.1) is 18.2 Å². The smallest absolute Gasteiger partial charge is 0.224 e. The lowest BCUT2D eigenvalue weighted by Crippen LogP contribution is -2.32. The second kappa shape index (κ2) is 5.31. The van der Waals surface area contributed by atoms with Crippen molar-refractivity contribution in [3.63, 3.8) is 0 Å². The molecule has 1 aromatic heterocycles. The molecular formula is C12H18N2O3. The van der Waals surface area contributed by atoms with E-state index in [4.69, 9.17) is 9.26 Å². The van der Waals surface area contributed by atoms with Crippen molar-refractivity contribution in [1.82, 2.24) is 10.5 Å². The Balaban J connectivity index is 1.80. The molecule has 0 aromatic carbocycles. The van der Waals surface area contributed by atoms with Crippen molar-refractivity contribution in [2.45, 2.75) is 39.2 Å². The molecule has 2 rings (SSSR count). The highest BCUT2D eigenvalue weighted by Gasteiger charge is 2.17. The standard InChI is InChI=1S/C12H18N2O3/c1-8-11(9(2)17-14-8)6-12(15)13-7-10-4-3-5-16-10/h10H,3-7H2,1-2H3,(H,13,15)/t10-/m1/s1. The molecule has 1 N–H and O–H groups in total. The van der Waals surface area contributed by atoms with Crippen LogP contribution in [0.3, 0.4) is 0 Å². The summed E-state index contributed by atoms with van der Waals surface area (Å²) in [5.41, 5.74) is 1.67. The lowest BCUT2D eigenvalue weighted by molar-refractivity contribution is -0.120. The summed E-state index contributed by atoms with van der Waals surface area (Å²) in [5.74, 6) is 0.713. The maximum absolute atomic E-state index is 11.7. The third kappa shape index (κ3) is 3.06. The second-order valence-corrected chi connectivity index (χ2v) is 4.42. The van der Waals surface area contributed by atoms with Crippen molar-refractivity contribution in [3.8, 4) is 0 Å². The zero-order valence-electron chi connectivity index (χ0n) is 10.3. The van der Waals surface area contributed by atoms with Crippen LogP contribution in [0, 0.1) is 13.8 Å². The van der Waals surface area contributed by atoms with E-state index in [1.54, 1.807) is 0 Å². The van der Waals surface area contributed by atoms with Crippen LogP contribution >= 0.6 is 0 Å². The molecule has 0 unspecified atom stereocenters. The first kappa shape index (κ1) is 12.1. The van der Waals surface area contributed by atoms with Gasteiger partial charge in [-0.3, -0.25) is 4.79 Å². The maximum atomic E-state index is 11.7. The molecule has 1 aliphatic heterocycles. The highest BCUT2D eigenvalue weighted by atomic mass is 16.5. The third-order valence-corrected chi connectivity index (χ3v) is 3.07. The minimum Gasteiger partial charge on any atom is -0.376 e. The van der Waals surface area contributed by atoms with Crippen LogP contribution in [0.1, 0.15) is 29.9 Å². The average molecular weight is 238 g/mol. The fourth-order valence-electron chi connectivity index (χ4n) is 2.01. The summed E-state index contributed by atoms with van der Waals surface area (Å²) >= 11 is 0. The van der Waals surface area contributed by atoms with Crippen LogP contribution in [0.25, 0.3) is 0 Å². The summed E-state index contributed by atoms with van der Waals surface area (Å²) < 4.78 is 10.5. The zero-order valence-corrected chi connectivity index (χ0v) is 10.3. The van der Waals surface area contributed by atoms with E-state index < -0.39 is 0 Å². The Bertz CT molecular complexity index is 375. The third-order valence-electron chi connectivity index (χ3n) is 3.07. The number of rotatable bonds is 4. The number of aromatic nitrogens is 1. The highest BCUT2D eigenvalue weighted by molar-refractivity contribution is 5.79. The summed E-state index contributed by atoms with van der Waals surface area (Å²) in [4.78, 5) is 11.7. The minimum absolute atomic E-state index is 0.00472. The Labute approximate surface area is 101 Å². The van der Waals surface area contributed by atoms with E-state index in [9.17, 15) is 4.79 Å². The molecule has 0 radical (unpaired) electrons. The summed E-state index contributed by atoms with van der Waals surface area (Å²) in [5, 5.41) is 6.71. The van der Waals surface area contributed by atoms with Crippen LogP contribution in [0.15, 0.2) is 4.52 Å². The van der Waals surface area contributed by atoms with E-state index in [1.165, 1.54) is 0 Å². The van der Waals surface area contributed by atoms with Gasteiger partial charge in [-0.1, -0.05) is 5.16 Å². The molecule has 17 heavy (non-hydrogen) atoms. The van der Waals surface area contributed by atoms with Gasteiger partial charge >= 0.3 is 0 Å². The summed E-state index contributed by atoms with van der Waals surface area (Å²) in [6, 6.07) is 0. The number of aryl methyl sites for hydroxylation is 2. The van der Waals surface area contributed by atoms with E-state index >= 15 is 0 Å². The molecule has 5 heteroatoms. The van der Waals surface area contributed by atoms with Crippen LogP contribution in [-0.2, 0) is 16.0 Å². The SMILES string of the molecule is Cc1noc(C)c1CC(=O)NC[C@H]1CCCO1. The molecule has 0 spiro atoms. The van der Waals surface area contributed by atoms with E-state index in [0.29, 0.717) is 13.0 Å². The molecule has 1 fully saturated rings. The van der Waals surface area contributed by atoms with Crippen molar-refractivity contribution in [1.29, 1.82) is 0 Å². The van der Waals surface area contributed by atoms with Gasteiger partial charge in [0.25, 0.3) is 0 Å². The molecule has 1 aromatic rings. The molecule has 1 amide bonds. The maximum Gasteiger partial charge on any atom is 0.224 e. The number of ether oxygens (including phenoxy) is 1. The van der Waals surface area contributed by atoms with Crippen LogP contribution in [-0.4, -0.2) is 30.3 Å². The Hall–Kier alpha value is -1.36. The van der Waals surface area contributed by atoms with Gasteiger partial charge in [0, 0.05) is 18.7 Å². The minimum atomic E-state index is -0.00472. The normalized spacial score (nSPS) is 19.5. The van der Waals surface area contributed by atoms with Crippen molar-refractivity contribution in [2.75, 3.05) is 13.2 Å². The van der Waals surface area contributed by atoms with Gasteiger partial charge in [-0.25, -0.2) is 0 Å². The van der Waals surface area contributed by atoms with Gasteiger partial charge in [-0.15, -0.1) is 0 Å². The van der Waals surface area contributed by atoms with E-state index in [-0.39, 0.29) is 12.0 Å². The Morgan fingerprint density at radius 3 is 2.94 bits per heavy atom. The number of carbonyl (C=O) groups is 1. The summed E-state index contributed by atoms with van der Waals surface area (Å²) in [6.45, 7) is 5.08. The molecule has 1 aliphatic rings. The zero-order chi connectivity index (χ0) is 12.3. The molecule has 0 aliphatic carbocycles. The Kier molecular flexibility index (Phi) is 3.78. The van der Waals surface area contributed by atoms with Crippen molar-refractivity contribution >= 4 is 5.91 Å². The number of hydrogen-bond acceptors (Lipinski definition) is 4. The number of amides is 1. The van der Waals surface area contributed by atoms with Crippen LogP contribution in [0.4, 0.5) is 0 Å². The number of hydrogen-bond donors (Lipinski definition) is 1. The van der Waals surface area contributed by atoms with Crippen LogP contribution in [0.2, 0.25) is 0 Å². The predicted molar refractivity (Wildman–Crippen MR) is 61.7 cm³/mol. The first-order valence-electron chi connectivity index (χ1n) is 5.97. The predicted octanol–water partition coefficient (Wildman–Crippen LogP) is 1.13. The number of nitrogens with zero attached hydrogens (tertiary/aromatic N) is 1. The molecule has 5 nitrogen and oxygen atoms in total. The Morgan fingerprint density at radius 1 is 1.53 bits per heavy atom. The quantitative estimate of drug-likeness (QED) is 0.854. The topological polar surface area (TPSA) is 64.4 Å². The molecule has 0 saturated carbocycles. The largest absolute Gasteiger partial charge is 0.376 e. The molecule has 0 bridgehead atoms. The first-order valence-corrected chi connectivity index (χ1v) is 5.97. The molecule has 1 atom stereocenters. The van der Waals surface area contributed by atoms with Gasteiger partial charge in [0.2, 0.25) is 5.91 Å². The van der Waals surface area contributed by atoms with E-state index in [0.717, 1.165) is 36.5 Å². The molecule has 1 saturated heterocycles. The molecule has 94 valence electrons. The van der Waals surface area contributed by atoms with E-state index in [1.807, 2.05) is 13.8 Å². The second-order valence-electron chi connectivity index (χ2n) is 4.42. The monoisotopic (exact) mass is 238 g/mol. The number of carbonyl (C=O) groups excluding carboxylic acids is 1. The van der Waals surface area contributed by atoms with Gasteiger partial charge in [-0.05, 0) is 26.7 Å². The fourth-order valence-corrected chi connectivity index (χ4v) is 2.01. The van der Waals surface area contributed by atoms with Crippen molar-refractivity contribution in [3.05, 3.63) is 17.0 Å². The van der Waals surface area contributed by atoms with Crippen LogP contribution in [0.5, 0.6) is 0 Å². The average Bonchev–Trinajstić information content (AvgIpc) is 2.91. The lowest BCUT2D eigenvalue weighted by Gasteiger charge is -2.10. The van der Waals surface area contributed by atoms with E-state index in [2.05, 4.69) is 10.5 Å². The summed E-state index contributed by atoms with van der Waals surface area (Å²) in [7, 11) is 0. The fraction of sp³-hybridized carbons (Fsp3) is 0.667. The van der Waals surface area contributed by atoms with Gasteiger partial charge < -0.3 is 14.6 Å². The molecule has 2 heterocycles. The van der Waals surface area contributed by atoms with Gasteiger partial charge in [0.15, 0.2) is 0 Å². The lowest BCUT2D eigenvalue weighted by atomic mass is 10.1. The summed E-state index contributed by atoms with van der Waals surface area (Å²) in [6.07, 6.45) is 2.63. The number of nitrogens with one attached hydrogen (secondary N) is 1. The van der Waals surface area contributed by atoms with Gasteiger partial charge in [-0.2, -0.15) is 0 Å².